The Labute approximate surface area is 67.9 Å². The van der Waals surface area contributed by atoms with Crippen molar-refractivity contribution in [2.45, 2.75) is 27.2 Å². The van der Waals surface area contributed by atoms with Crippen LogP contribution in [0.2, 0.25) is 0 Å². The fourth-order valence-corrected chi connectivity index (χ4v) is 1.47. The Hall–Kier alpha value is -0.530. The molecule has 0 aliphatic carbocycles. The van der Waals surface area contributed by atoms with E-state index >= 15 is 0 Å². The Morgan fingerprint density at radius 2 is 2.18 bits per heavy atom. The van der Waals surface area contributed by atoms with E-state index in [1.54, 1.807) is 0 Å². The van der Waals surface area contributed by atoms with Gasteiger partial charge in [0.2, 0.25) is 0 Å². The number of hydrogen-bond donors (Lipinski definition) is 0. The van der Waals surface area contributed by atoms with E-state index in [0.717, 1.165) is 6.42 Å². The number of esters is 1. The summed E-state index contributed by atoms with van der Waals surface area (Å²) in [6.07, 6.45) is 0.997. The average molecular weight is 156 g/mol. The van der Waals surface area contributed by atoms with Crippen LogP contribution in [0.1, 0.15) is 27.2 Å². The van der Waals surface area contributed by atoms with Crippen LogP contribution >= 0.6 is 0 Å². The minimum atomic E-state index is -0.00176. The van der Waals surface area contributed by atoms with Crippen molar-refractivity contribution in [2.75, 3.05) is 6.61 Å². The van der Waals surface area contributed by atoms with Gasteiger partial charge in [0.25, 0.3) is 0 Å². The first-order chi connectivity index (χ1) is 5.11. The third kappa shape index (κ3) is 1.95. The molecule has 1 fully saturated rings. The maximum Gasteiger partial charge on any atom is 0.309 e. The molecule has 1 rings (SSSR count). The van der Waals surface area contributed by atoms with Crippen LogP contribution in [0, 0.1) is 17.8 Å². The van der Waals surface area contributed by atoms with Crippen LogP contribution in [0.4, 0.5) is 0 Å². The van der Waals surface area contributed by atoms with Crippen molar-refractivity contribution >= 4 is 5.97 Å². The number of carbonyl (C=O) groups is 1. The van der Waals surface area contributed by atoms with Crippen LogP contribution in [0.15, 0.2) is 0 Å². The molecule has 0 spiro atoms. The Balaban J connectivity index is 2.54. The Morgan fingerprint density at radius 1 is 1.55 bits per heavy atom. The van der Waals surface area contributed by atoms with Gasteiger partial charge in [0, 0.05) is 0 Å². The van der Waals surface area contributed by atoms with Gasteiger partial charge in [-0.1, -0.05) is 20.8 Å². The largest absolute Gasteiger partial charge is 0.465 e. The van der Waals surface area contributed by atoms with Gasteiger partial charge in [-0.25, -0.2) is 0 Å². The highest BCUT2D eigenvalue weighted by Crippen LogP contribution is 2.26. The summed E-state index contributed by atoms with van der Waals surface area (Å²) in [5.41, 5.74) is 0. The number of ether oxygens (including phenoxy) is 1. The van der Waals surface area contributed by atoms with Crippen molar-refractivity contribution in [3.8, 4) is 0 Å². The summed E-state index contributed by atoms with van der Waals surface area (Å²) in [4.78, 5) is 11.2. The van der Waals surface area contributed by atoms with Crippen molar-refractivity contribution < 1.29 is 9.53 Å². The van der Waals surface area contributed by atoms with E-state index in [4.69, 9.17) is 4.74 Å². The van der Waals surface area contributed by atoms with E-state index in [1.807, 2.05) is 0 Å². The van der Waals surface area contributed by atoms with Gasteiger partial charge in [-0.2, -0.15) is 0 Å². The lowest BCUT2D eigenvalue weighted by molar-refractivity contribution is -0.157. The van der Waals surface area contributed by atoms with Crippen LogP contribution in [0.25, 0.3) is 0 Å². The number of rotatable bonds is 1. The van der Waals surface area contributed by atoms with Crippen LogP contribution in [0.5, 0.6) is 0 Å². The second-order valence-corrected chi connectivity index (χ2v) is 3.82. The van der Waals surface area contributed by atoms with Gasteiger partial charge in [0.15, 0.2) is 0 Å². The molecule has 0 radical (unpaired) electrons. The highest BCUT2D eigenvalue weighted by atomic mass is 16.5. The Bertz CT molecular complexity index is 152. The molecule has 0 aromatic heterocycles. The molecule has 0 unspecified atom stereocenters. The van der Waals surface area contributed by atoms with Crippen LogP contribution in [0.3, 0.4) is 0 Å². The van der Waals surface area contributed by atoms with Crippen LogP contribution in [-0.4, -0.2) is 12.6 Å². The molecule has 2 nitrogen and oxygen atoms in total. The van der Waals surface area contributed by atoms with Gasteiger partial charge < -0.3 is 4.74 Å². The molecule has 0 amide bonds. The summed E-state index contributed by atoms with van der Waals surface area (Å²) in [5.74, 6) is 1.10. The SMILES string of the molecule is CC(C)[C@@H]1C[C@@H](C)COC1=O. The predicted octanol–water partition coefficient (Wildman–Crippen LogP) is 1.84. The molecule has 2 heteroatoms. The maximum absolute atomic E-state index is 11.2. The van der Waals surface area contributed by atoms with E-state index in [9.17, 15) is 4.79 Å². The summed E-state index contributed by atoms with van der Waals surface area (Å²) in [6.45, 7) is 6.89. The minimum Gasteiger partial charge on any atom is -0.465 e. The fourth-order valence-electron chi connectivity index (χ4n) is 1.47. The van der Waals surface area contributed by atoms with Crippen molar-refractivity contribution in [2.24, 2.45) is 17.8 Å². The molecule has 2 atom stereocenters. The summed E-state index contributed by atoms with van der Waals surface area (Å²) in [5, 5.41) is 0. The molecule has 11 heavy (non-hydrogen) atoms. The molecule has 0 aromatic rings. The van der Waals surface area contributed by atoms with E-state index < -0.39 is 0 Å². The van der Waals surface area contributed by atoms with E-state index in [0.29, 0.717) is 18.4 Å². The number of cyclic esters (lactones) is 1. The van der Waals surface area contributed by atoms with Gasteiger partial charge in [0.05, 0.1) is 12.5 Å². The summed E-state index contributed by atoms with van der Waals surface area (Å²) in [7, 11) is 0. The van der Waals surface area contributed by atoms with E-state index in [1.165, 1.54) is 0 Å². The first-order valence-corrected chi connectivity index (χ1v) is 4.28. The second-order valence-electron chi connectivity index (χ2n) is 3.82. The Morgan fingerprint density at radius 3 is 2.64 bits per heavy atom. The highest BCUT2D eigenvalue weighted by molar-refractivity contribution is 5.73. The average Bonchev–Trinajstić information content (AvgIpc) is 1.94. The minimum absolute atomic E-state index is 0.00176. The quantitative estimate of drug-likeness (QED) is 0.541. The van der Waals surface area contributed by atoms with E-state index in [2.05, 4.69) is 20.8 Å². The number of hydrogen-bond acceptors (Lipinski definition) is 2. The lowest BCUT2D eigenvalue weighted by Crippen LogP contribution is -2.32. The summed E-state index contributed by atoms with van der Waals surface area (Å²) < 4.78 is 5.03. The van der Waals surface area contributed by atoms with Crippen molar-refractivity contribution in [3.05, 3.63) is 0 Å². The fraction of sp³-hybridized carbons (Fsp3) is 0.889. The Kier molecular flexibility index (Phi) is 2.53. The van der Waals surface area contributed by atoms with Gasteiger partial charge in [0.1, 0.15) is 0 Å². The third-order valence-corrected chi connectivity index (χ3v) is 2.27. The topological polar surface area (TPSA) is 26.3 Å². The lowest BCUT2D eigenvalue weighted by atomic mass is 9.86. The van der Waals surface area contributed by atoms with Gasteiger partial charge in [-0.05, 0) is 18.3 Å². The van der Waals surface area contributed by atoms with Gasteiger partial charge in [-0.3, -0.25) is 4.79 Å². The molecule has 0 aromatic carbocycles. The zero-order valence-corrected chi connectivity index (χ0v) is 7.46. The summed E-state index contributed by atoms with van der Waals surface area (Å²) in [6, 6.07) is 0. The molecule has 0 N–H and O–H groups in total. The van der Waals surface area contributed by atoms with Gasteiger partial charge in [-0.15, -0.1) is 0 Å². The lowest BCUT2D eigenvalue weighted by Gasteiger charge is -2.28. The highest BCUT2D eigenvalue weighted by Gasteiger charge is 2.30. The first kappa shape index (κ1) is 8.57. The van der Waals surface area contributed by atoms with Crippen molar-refractivity contribution in [1.29, 1.82) is 0 Å². The first-order valence-electron chi connectivity index (χ1n) is 4.28. The molecule has 1 saturated heterocycles. The molecule has 64 valence electrons. The zero-order chi connectivity index (χ0) is 8.43. The monoisotopic (exact) mass is 156 g/mol. The standard InChI is InChI=1S/C9H16O2/c1-6(2)8-4-7(3)5-11-9(8)10/h6-8H,4-5H2,1-3H3/t7-,8+/m1/s1. The second kappa shape index (κ2) is 3.24. The molecule has 1 aliphatic rings. The normalized spacial score (nSPS) is 32.2. The molecular weight excluding hydrogens is 140 g/mol. The summed E-state index contributed by atoms with van der Waals surface area (Å²) >= 11 is 0. The van der Waals surface area contributed by atoms with E-state index in [-0.39, 0.29) is 11.9 Å². The van der Waals surface area contributed by atoms with Crippen LogP contribution < -0.4 is 0 Å². The van der Waals surface area contributed by atoms with Gasteiger partial charge >= 0.3 is 5.97 Å². The number of carbonyl (C=O) groups excluding carboxylic acids is 1. The van der Waals surface area contributed by atoms with Crippen molar-refractivity contribution in [3.63, 3.8) is 0 Å². The molecule has 1 heterocycles. The molecule has 1 aliphatic heterocycles. The zero-order valence-electron chi connectivity index (χ0n) is 7.46. The molecular formula is C9H16O2. The smallest absolute Gasteiger partial charge is 0.309 e. The van der Waals surface area contributed by atoms with Crippen molar-refractivity contribution in [1.82, 2.24) is 0 Å². The molecule has 0 bridgehead atoms. The van der Waals surface area contributed by atoms with Crippen LogP contribution in [-0.2, 0) is 9.53 Å². The third-order valence-electron chi connectivity index (χ3n) is 2.27. The molecule has 0 saturated carbocycles. The predicted molar refractivity (Wildman–Crippen MR) is 43.1 cm³/mol. The maximum atomic E-state index is 11.2.